The number of aryl methyl sites for hydroxylation is 1. The first-order chi connectivity index (χ1) is 18.7. The van der Waals surface area contributed by atoms with Crippen LogP contribution in [0.3, 0.4) is 0 Å². The largest absolute Gasteiger partial charge is 0.218 e. The first-order valence-corrected chi connectivity index (χ1v) is 13.3. The van der Waals surface area contributed by atoms with E-state index >= 15 is 0 Å². The van der Waals surface area contributed by atoms with Crippen LogP contribution in [0.1, 0.15) is 35.9 Å². The molecule has 0 N–H and O–H groups in total. The van der Waals surface area contributed by atoms with Crippen molar-refractivity contribution < 1.29 is 13.5 Å². The van der Waals surface area contributed by atoms with E-state index in [1.165, 1.54) is 40.1 Å². The van der Waals surface area contributed by atoms with Crippen LogP contribution in [0.4, 0.5) is 4.39 Å². The van der Waals surface area contributed by atoms with Crippen molar-refractivity contribution in [3.05, 3.63) is 139 Å². The van der Waals surface area contributed by atoms with E-state index in [0.29, 0.717) is 5.92 Å². The van der Waals surface area contributed by atoms with Crippen LogP contribution in [-0.2, 0) is 6.42 Å². The molecule has 4 heterocycles. The van der Waals surface area contributed by atoms with Gasteiger partial charge in [-0.2, -0.15) is 9.13 Å². The van der Waals surface area contributed by atoms with Gasteiger partial charge < -0.3 is 0 Å². The van der Waals surface area contributed by atoms with Gasteiger partial charge in [-0.15, -0.1) is 0 Å². The monoisotopic (exact) mass is 496 g/mol. The predicted octanol–water partition coefficient (Wildman–Crippen LogP) is 7.55. The number of rotatable bonds is 1. The van der Waals surface area contributed by atoms with Crippen LogP contribution in [0.2, 0.25) is 0 Å². The Morgan fingerprint density at radius 1 is 0.711 bits per heavy atom. The van der Waals surface area contributed by atoms with Crippen molar-refractivity contribution in [3.8, 4) is 33.6 Å². The molecular weight excluding hydrogens is 467 g/mol. The lowest BCUT2D eigenvalue weighted by Gasteiger charge is -2.31. The molecule has 0 fully saturated rings. The van der Waals surface area contributed by atoms with Crippen LogP contribution in [-0.4, -0.2) is 0 Å². The van der Waals surface area contributed by atoms with Crippen molar-refractivity contribution in [2.75, 3.05) is 0 Å². The molecule has 3 aromatic carbocycles. The van der Waals surface area contributed by atoms with Crippen LogP contribution >= 0.6 is 0 Å². The van der Waals surface area contributed by atoms with Gasteiger partial charge in [0.2, 0.25) is 11.4 Å². The summed E-state index contributed by atoms with van der Waals surface area (Å²) in [5, 5.41) is 0. The Labute approximate surface area is 223 Å². The van der Waals surface area contributed by atoms with Gasteiger partial charge in [0.05, 0.1) is 6.42 Å². The van der Waals surface area contributed by atoms with Crippen LogP contribution < -0.4 is 9.13 Å². The van der Waals surface area contributed by atoms with Gasteiger partial charge in [0, 0.05) is 40.8 Å². The summed E-state index contributed by atoms with van der Waals surface area (Å²) in [7, 11) is 0. The second-order valence-electron chi connectivity index (χ2n) is 10.4. The van der Waals surface area contributed by atoms with E-state index < -0.39 is 0 Å². The second-order valence-corrected chi connectivity index (χ2v) is 10.4. The zero-order chi connectivity index (χ0) is 25.6. The van der Waals surface area contributed by atoms with Crippen molar-refractivity contribution in [1.82, 2.24) is 0 Å². The van der Waals surface area contributed by atoms with E-state index in [1.54, 1.807) is 0 Å². The fourth-order valence-corrected chi connectivity index (χ4v) is 6.45. The number of hydrogen-bond acceptors (Lipinski definition) is 0. The molecule has 2 unspecified atom stereocenters. The summed E-state index contributed by atoms with van der Waals surface area (Å²) < 4.78 is 18.4. The molecular formula is C35H29FN2+2. The summed E-state index contributed by atoms with van der Waals surface area (Å²) in [5.41, 5.74) is 10.9. The maximum Gasteiger partial charge on any atom is 0.218 e. The van der Waals surface area contributed by atoms with Gasteiger partial charge >= 0.3 is 0 Å². The van der Waals surface area contributed by atoms with E-state index in [4.69, 9.17) is 0 Å². The van der Waals surface area contributed by atoms with Gasteiger partial charge in [0.15, 0.2) is 24.1 Å². The SMILES string of the molecule is C=C1CC2C(CCc3ccccc3-c3ccc(-c4ccc(F)cc4)c[n+]31)c1ccccc1-c1cccc[n+]12. The Morgan fingerprint density at radius 2 is 1.45 bits per heavy atom. The zero-order valence-electron chi connectivity index (χ0n) is 21.2. The van der Waals surface area contributed by atoms with Crippen molar-refractivity contribution in [2.45, 2.75) is 31.2 Å². The molecule has 3 heteroatoms. The van der Waals surface area contributed by atoms with Crippen molar-refractivity contribution in [2.24, 2.45) is 0 Å². The third-order valence-corrected chi connectivity index (χ3v) is 8.28. The van der Waals surface area contributed by atoms with E-state index in [9.17, 15) is 4.39 Å². The highest BCUT2D eigenvalue weighted by Crippen LogP contribution is 2.43. The van der Waals surface area contributed by atoms with Gasteiger partial charge in [-0.3, -0.25) is 0 Å². The lowest BCUT2D eigenvalue weighted by atomic mass is 9.77. The fraction of sp³-hybridized carbons (Fsp3) is 0.143. The molecule has 2 aliphatic heterocycles. The molecule has 0 spiro atoms. The number of pyridine rings is 2. The highest BCUT2D eigenvalue weighted by Gasteiger charge is 2.42. The maximum absolute atomic E-state index is 13.6. The van der Waals surface area contributed by atoms with Crippen molar-refractivity contribution in [1.29, 1.82) is 0 Å². The summed E-state index contributed by atoms with van der Waals surface area (Å²) >= 11 is 0. The minimum Gasteiger partial charge on any atom is -0.207 e. The minimum atomic E-state index is -0.224. The molecule has 5 aromatic rings. The van der Waals surface area contributed by atoms with Gasteiger partial charge in [0.1, 0.15) is 5.82 Å². The Balaban J connectivity index is 1.42. The molecule has 38 heavy (non-hydrogen) atoms. The summed E-state index contributed by atoms with van der Waals surface area (Å²) in [4.78, 5) is 0. The van der Waals surface area contributed by atoms with Gasteiger partial charge in [-0.1, -0.05) is 48.5 Å². The molecule has 0 amide bonds. The predicted molar refractivity (Wildman–Crippen MR) is 150 cm³/mol. The summed E-state index contributed by atoms with van der Waals surface area (Å²) in [6, 6.07) is 35.5. The summed E-state index contributed by atoms with van der Waals surface area (Å²) in [6.07, 6.45) is 7.30. The molecule has 0 radical (unpaired) electrons. The molecule has 2 atom stereocenters. The average molecular weight is 497 g/mol. The number of allylic oxidation sites excluding steroid dienone is 1. The molecule has 184 valence electrons. The van der Waals surface area contributed by atoms with Crippen LogP contribution in [0.5, 0.6) is 0 Å². The fourth-order valence-electron chi connectivity index (χ4n) is 6.45. The molecule has 0 bridgehead atoms. The van der Waals surface area contributed by atoms with Crippen molar-refractivity contribution in [3.63, 3.8) is 0 Å². The molecule has 0 saturated carbocycles. The quantitative estimate of drug-likeness (QED) is 0.212. The first-order valence-electron chi connectivity index (χ1n) is 13.3. The van der Waals surface area contributed by atoms with Crippen LogP contribution in [0.15, 0.2) is 122 Å². The van der Waals surface area contributed by atoms with Crippen LogP contribution in [0, 0.1) is 5.82 Å². The van der Waals surface area contributed by atoms with E-state index in [1.807, 2.05) is 12.1 Å². The molecule has 2 aliphatic rings. The topological polar surface area (TPSA) is 7.76 Å². The summed E-state index contributed by atoms with van der Waals surface area (Å²) in [6.45, 7) is 4.66. The smallest absolute Gasteiger partial charge is 0.207 e. The highest BCUT2D eigenvalue weighted by molar-refractivity contribution is 5.68. The molecule has 7 rings (SSSR count). The Hall–Kier alpha value is -4.37. The highest BCUT2D eigenvalue weighted by atomic mass is 19.1. The molecule has 0 saturated heterocycles. The zero-order valence-corrected chi connectivity index (χ0v) is 21.2. The number of aromatic nitrogens is 2. The lowest BCUT2D eigenvalue weighted by Crippen LogP contribution is -2.49. The Morgan fingerprint density at radius 3 is 2.32 bits per heavy atom. The average Bonchev–Trinajstić information content (AvgIpc) is 2.97. The van der Waals surface area contributed by atoms with Gasteiger partial charge in [-0.05, 0) is 72.5 Å². The number of fused-ring (bicyclic) bond motifs is 9. The number of benzene rings is 3. The van der Waals surface area contributed by atoms with E-state index in [-0.39, 0.29) is 11.9 Å². The third-order valence-electron chi connectivity index (χ3n) is 8.28. The number of nitrogens with zero attached hydrogens (tertiary/aromatic N) is 2. The summed E-state index contributed by atoms with van der Waals surface area (Å²) in [5.74, 6) is 0.149. The van der Waals surface area contributed by atoms with E-state index in [2.05, 4.69) is 107 Å². The molecule has 0 aliphatic carbocycles. The second kappa shape index (κ2) is 9.18. The first kappa shape index (κ1) is 22.8. The number of halogens is 1. The van der Waals surface area contributed by atoms with Gasteiger partial charge in [-0.25, -0.2) is 4.39 Å². The van der Waals surface area contributed by atoms with Crippen LogP contribution in [0.25, 0.3) is 39.3 Å². The minimum absolute atomic E-state index is 0.224. The molecule has 2 nitrogen and oxygen atoms in total. The standard InChI is InChI=1S/C35H29FN2/c1-24-22-35-32(30-10-4-5-11-31(30)33-12-6-7-21-37(33)35)19-15-26-8-2-3-9-29(26)34-20-16-27(23-38(24)34)25-13-17-28(36)18-14-25/h2-14,16-18,20-21,23,32,35H,1,15,19,22H2/q+2. The Kier molecular flexibility index (Phi) is 5.51. The van der Waals surface area contributed by atoms with E-state index in [0.717, 1.165) is 41.8 Å². The van der Waals surface area contributed by atoms with Gasteiger partial charge in [0.25, 0.3) is 0 Å². The lowest BCUT2D eigenvalue weighted by molar-refractivity contribution is -0.720. The normalized spacial score (nSPS) is 17.9. The third kappa shape index (κ3) is 3.78. The molecule has 2 aromatic heterocycles. The van der Waals surface area contributed by atoms with Crippen molar-refractivity contribution >= 4 is 5.70 Å². The Bertz CT molecular complexity index is 1690. The number of hydrogen-bond donors (Lipinski definition) is 0. The maximum atomic E-state index is 13.6.